The van der Waals surface area contributed by atoms with E-state index in [2.05, 4.69) is 21.2 Å². The average molecular weight is 277 g/mol. The van der Waals surface area contributed by atoms with Crippen LogP contribution in [0.2, 0.25) is 5.02 Å². The summed E-state index contributed by atoms with van der Waals surface area (Å²) >= 11 is 9.29. The smallest absolute Gasteiger partial charge is 0.122 e. The van der Waals surface area contributed by atoms with Crippen LogP contribution in [0.5, 0.6) is 5.75 Å². The number of nitrogens with one attached hydrogen (secondary N) is 1. The van der Waals surface area contributed by atoms with Gasteiger partial charge in [-0.2, -0.15) is 0 Å². The van der Waals surface area contributed by atoms with Gasteiger partial charge in [0.05, 0.1) is 0 Å². The molecule has 1 saturated heterocycles. The molecule has 76 valence electrons. The summed E-state index contributed by atoms with van der Waals surface area (Å²) in [5.41, 5.74) is 0. The van der Waals surface area contributed by atoms with Crippen molar-refractivity contribution in [2.24, 2.45) is 0 Å². The minimum atomic E-state index is 0.278. The molecule has 1 atom stereocenters. The second-order valence-corrected chi connectivity index (χ2v) is 4.69. The first-order chi connectivity index (χ1) is 6.74. The second-order valence-electron chi connectivity index (χ2n) is 3.34. The summed E-state index contributed by atoms with van der Waals surface area (Å²) in [5.74, 6) is 0.832. The van der Waals surface area contributed by atoms with Crippen molar-refractivity contribution in [3.8, 4) is 5.75 Å². The Morgan fingerprint density at radius 1 is 1.43 bits per heavy atom. The van der Waals surface area contributed by atoms with E-state index in [-0.39, 0.29) is 6.10 Å². The summed E-state index contributed by atoms with van der Waals surface area (Å²) in [6.07, 6.45) is 1.34. The highest BCUT2D eigenvalue weighted by Gasteiger charge is 2.15. The maximum atomic E-state index is 5.91. The summed E-state index contributed by atoms with van der Waals surface area (Å²) in [6, 6.07) is 5.62. The minimum absolute atomic E-state index is 0.278. The van der Waals surface area contributed by atoms with Gasteiger partial charge in [-0.15, -0.1) is 0 Å². The highest BCUT2D eigenvalue weighted by atomic mass is 79.9. The van der Waals surface area contributed by atoms with E-state index in [4.69, 9.17) is 16.3 Å². The van der Waals surface area contributed by atoms with Gasteiger partial charge in [0, 0.05) is 16.0 Å². The second kappa shape index (κ2) is 4.51. The molecule has 1 aliphatic rings. The summed E-state index contributed by atoms with van der Waals surface area (Å²) < 4.78 is 6.71. The van der Waals surface area contributed by atoms with Crippen molar-refractivity contribution < 1.29 is 4.74 Å². The predicted octanol–water partition coefficient (Wildman–Crippen LogP) is 2.84. The van der Waals surface area contributed by atoms with E-state index < -0.39 is 0 Å². The third kappa shape index (κ3) is 2.62. The Labute approximate surface area is 96.7 Å². The highest BCUT2D eigenvalue weighted by molar-refractivity contribution is 9.10. The summed E-state index contributed by atoms with van der Waals surface area (Å²) in [7, 11) is 0. The fourth-order valence-electron chi connectivity index (χ4n) is 1.52. The third-order valence-electron chi connectivity index (χ3n) is 2.15. The van der Waals surface area contributed by atoms with Crippen molar-refractivity contribution >= 4 is 27.5 Å². The Balaban J connectivity index is 2.07. The first-order valence-electron chi connectivity index (χ1n) is 4.57. The zero-order chi connectivity index (χ0) is 9.97. The molecule has 0 saturated carbocycles. The average Bonchev–Trinajstić information content (AvgIpc) is 2.54. The van der Waals surface area contributed by atoms with Crippen LogP contribution in [-0.2, 0) is 0 Å². The summed E-state index contributed by atoms with van der Waals surface area (Å²) in [4.78, 5) is 0. The Hall–Kier alpha value is -0.250. The fourth-order valence-corrected chi connectivity index (χ4v) is 2.35. The quantitative estimate of drug-likeness (QED) is 0.897. The first-order valence-corrected chi connectivity index (χ1v) is 5.74. The molecule has 0 aromatic heterocycles. The Bertz CT molecular complexity index is 306. The molecular formula is C10H11BrClNO. The number of rotatable bonds is 2. The number of benzene rings is 1. The molecule has 2 nitrogen and oxygen atoms in total. The van der Waals surface area contributed by atoms with E-state index in [1.807, 2.05) is 18.2 Å². The monoisotopic (exact) mass is 275 g/mol. The Morgan fingerprint density at radius 2 is 2.29 bits per heavy atom. The van der Waals surface area contributed by atoms with Crippen LogP contribution in [0.4, 0.5) is 0 Å². The SMILES string of the molecule is Clc1cc(Br)cc(OC2CCNC2)c1. The van der Waals surface area contributed by atoms with Gasteiger partial charge in [0.25, 0.3) is 0 Å². The predicted molar refractivity (Wildman–Crippen MR) is 61.1 cm³/mol. The maximum absolute atomic E-state index is 5.91. The maximum Gasteiger partial charge on any atom is 0.122 e. The molecule has 2 rings (SSSR count). The summed E-state index contributed by atoms with van der Waals surface area (Å²) in [5, 5.41) is 3.95. The van der Waals surface area contributed by atoms with Gasteiger partial charge in [-0.3, -0.25) is 0 Å². The molecule has 1 fully saturated rings. The molecule has 0 amide bonds. The molecule has 0 bridgehead atoms. The topological polar surface area (TPSA) is 21.3 Å². The van der Waals surface area contributed by atoms with Gasteiger partial charge in [0.2, 0.25) is 0 Å². The fraction of sp³-hybridized carbons (Fsp3) is 0.400. The normalized spacial score (nSPS) is 21.1. The number of hydrogen-bond donors (Lipinski definition) is 1. The third-order valence-corrected chi connectivity index (χ3v) is 2.83. The van der Waals surface area contributed by atoms with Crippen molar-refractivity contribution in [1.29, 1.82) is 0 Å². The van der Waals surface area contributed by atoms with Gasteiger partial charge in [0.1, 0.15) is 11.9 Å². The van der Waals surface area contributed by atoms with Crippen LogP contribution in [0.25, 0.3) is 0 Å². The largest absolute Gasteiger partial charge is 0.489 e. The molecule has 0 radical (unpaired) electrons. The molecule has 0 aliphatic carbocycles. The molecule has 1 aromatic rings. The van der Waals surface area contributed by atoms with Gasteiger partial charge < -0.3 is 10.1 Å². The van der Waals surface area contributed by atoms with Crippen molar-refractivity contribution in [2.45, 2.75) is 12.5 Å². The Kier molecular flexibility index (Phi) is 3.31. The van der Waals surface area contributed by atoms with Crippen LogP contribution in [0.15, 0.2) is 22.7 Å². The zero-order valence-electron chi connectivity index (χ0n) is 7.59. The van der Waals surface area contributed by atoms with Crippen LogP contribution in [0, 0.1) is 0 Å². The lowest BCUT2D eigenvalue weighted by molar-refractivity contribution is 0.223. The van der Waals surface area contributed by atoms with Crippen molar-refractivity contribution in [3.63, 3.8) is 0 Å². The minimum Gasteiger partial charge on any atom is -0.489 e. The Morgan fingerprint density at radius 3 is 2.93 bits per heavy atom. The van der Waals surface area contributed by atoms with Gasteiger partial charge in [-0.1, -0.05) is 27.5 Å². The zero-order valence-corrected chi connectivity index (χ0v) is 9.94. The molecule has 1 aromatic carbocycles. The standard InChI is InChI=1S/C10H11BrClNO/c11-7-3-8(12)5-10(4-7)14-9-1-2-13-6-9/h3-5,9,13H,1-2,6H2. The lowest BCUT2D eigenvalue weighted by Crippen LogP contribution is -2.19. The lowest BCUT2D eigenvalue weighted by Gasteiger charge is -2.12. The van der Waals surface area contributed by atoms with Gasteiger partial charge in [-0.05, 0) is 31.2 Å². The molecule has 14 heavy (non-hydrogen) atoms. The van der Waals surface area contributed by atoms with E-state index in [9.17, 15) is 0 Å². The van der Waals surface area contributed by atoms with E-state index in [0.29, 0.717) is 5.02 Å². The van der Waals surface area contributed by atoms with E-state index in [1.165, 1.54) is 0 Å². The number of ether oxygens (including phenoxy) is 1. The van der Waals surface area contributed by atoms with E-state index in [0.717, 1.165) is 29.7 Å². The van der Waals surface area contributed by atoms with Crippen molar-refractivity contribution in [2.75, 3.05) is 13.1 Å². The lowest BCUT2D eigenvalue weighted by atomic mass is 10.3. The van der Waals surface area contributed by atoms with Crippen molar-refractivity contribution in [1.82, 2.24) is 5.32 Å². The molecule has 1 unspecified atom stereocenters. The molecule has 0 spiro atoms. The van der Waals surface area contributed by atoms with Crippen LogP contribution in [-0.4, -0.2) is 19.2 Å². The molecular weight excluding hydrogens is 265 g/mol. The molecule has 1 aliphatic heterocycles. The summed E-state index contributed by atoms with van der Waals surface area (Å²) in [6.45, 7) is 1.95. The highest BCUT2D eigenvalue weighted by Crippen LogP contribution is 2.25. The van der Waals surface area contributed by atoms with Gasteiger partial charge >= 0.3 is 0 Å². The van der Waals surface area contributed by atoms with Crippen LogP contribution < -0.4 is 10.1 Å². The van der Waals surface area contributed by atoms with E-state index >= 15 is 0 Å². The van der Waals surface area contributed by atoms with Crippen LogP contribution >= 0.6 is 27.5 Å². The van der Waals surface area contributed by atoms with Gasteiger partial charge in [-0.25, -0.2) is 0 Å². The van der Waals surface area contributed by atoms with Gasteiger partial charge in [0.15, 0.2) is 0 Å². The molecule has 1 N–H and O–H groups in total. The first kappa shape index (κ1) is 10.3. The van der Waals surface area contributed by atoms with E-state index in [1.54, 1.807) is 0 Å². The molecule has 1 heterocycles. The van der Waals surface area contributed by atoms with Crippen LogP contribution in [0.3, 0.4) is 0 Å². The number of hydrogen-bond acceptors (Lipinski definition) is 2. The molecule has 4 heteroatoms. The number of halogens is 2. The van der Waals surface area contributed by atoms with Crippen LogP contribution in [0.1, 0.15) is 6.42 Å². The van der Waals surface area contributed by atoms with Crippen molar-refractivity contribution in [3.05, 3.63) is 27.7 Å².